The molecular weight excluding hydrogens is 338 g/mol. The highest BCUT2D eigenvalue weighted by Gasteiger charge is 2.33. The van der Waals surface area contributed by atoms with Crippen LogP contribution in [0.4, 0.5) is 8.78 Å². The van der Waals surface area contributed by atoms with Crippen LogP contribution in [0, 0.1) is 11.6 Å². The molecule has 0 aromatic heterocycles. The van der Waals surface area contributed by atoms with Crippen LogP contribution in [-0.2, 0) is 5.60 Å². The Hall–Kier alpha value is -0.970. The maximum absolute atomic E-state index is 13.8. The number of benzene rings is 2. The van der Waals surface area contributed by atoms with E-state index in [1.54, 1.807) is 12.1 Å². The van der Waals surface area contributed by atoms with Gasteiger partial charge in [0.15, 0.2) is 0 Å². The van der Waals surface area contributed by atoms with Crippen LogP contribution in [-0.4, -0.2) is 5.11 Å². The standard InChI is InChI=1S/C14H10BrClF2O/c1-14(19,9-6-5-8(15)7-10(9)16)13-11(17)3-2-4-12(13)18/h2-7,19H,1H3. The molecule has 1 unspecified atom stereocenters. The van der Waals surface area contributed by atoms with E-state index in [1.807, 2.05) is 0 Å². The van der Waals surface area contributed by atoms with E-state index in [1.165, 1.54) is 19.1 Å². The molecule has 2 rings (SSSR count). The van der Waals surface area contributed by atoms with Crippen molar-refractivity contribution in [1.29, 1.82) is 0 Å². The van der Waals surface area contributed by atoms with Crippen LogP contribution >= 0.6 is 27.5 Å². The fourth-order valence-electron chi connectivity index (χ4n) is 1.98. The maximum Gasteiger partial charge on any atom is 0.132 e. The molecule has 1 N–H and O–H groups in total. The molecule has 1 nitrogen and oxygen atoms in total. The van der Waals surface area contributed by atoms with Gasteiger partial charge < -0.3 is 5.11 Å². The number of halogens is 4. The first-order valence-electron chi connectivity index (χ1n) is 5.46. The Morgan fingerprint density at radius 3 is 2.26 bits per heavy atom. The molecular formula is C14H10BrClF2O. The van der Waals surface area contributed by atoms with Crippen LogP contribution in [0.1, 0.15) is 18.1 Å². The third kappa shape index (κ3) is 2.66. The molecule has 19 heavy (non-hydrogen) atoms. The molecule has 0 aliphatic carbocycles. The van der Waals surface area contributed by atoms with Gasteiger partial charge in [-0.25, -0.2) is 8.78 Å². The van der Waals surface area contributed by atoms with Gasteiger partial charge in [0.2, 0.25) is 0 Å². The van der Waals surface area contributed by atoms with Gasteiger partial charge in [-0.3, -0.25) is 0 Å². The normalized spacial score (nSPS) is 14.2. The van der Waals surface area contributed by atoms with Gasteiger partial charge in [0.1, 0.15) is 17.2 Å². The highest BCUT2D eigenvalue weighted by Crippen LogP contribution is 2.37. The van der Waals surface area contributed by atoms with Gasteiger partial charge in [-0.2, -0.15) is 0 Å². The van der Waals surface area contributed by atoms with Crippen LogP contribution in [0.25, 0.3) is 0 Å². The number of rotatable bonds is 2. The first-order chi connectivity index (χ1) is 8.84. The highest BCUT2D eigenvalue weighted by molar-refractivity contribution is 9.10. The van der Waals surface area contributed by atoms with E-state index in [-0.39, 0.29) is 10.6 Å². The van der Waals surface area contributed by atoms with Gasteiger partial charge in [0, 0.05) is 15.1 Å². The van der Waals surface area contributed by atoms with E-state index >= 15 is 0 Å². The summed E-state index contributed by atoms with van der Waals surface area (Å²) in [6.07, 6.45) is 0. The highest BCUT2D eigenvalue weighted by atomic mass is 79.9. The maximum atomic E-state index is 13.8. The third-order valence-corrected chi connectivity index (χ3v) is 3.71. The van der Waals surface area contributed by atoms with Gasteiger partial charge in [-0.15, -0.1) is 0 Å². The van der Waals surface area contributed by atoms with Gasteiger partial charge in [0.05, 0.1) is 5.56 Å². The largest absolute Gasteiger partial charge is 0.380 e. The summed E-state index contributed by atoms with van der Waals surface area (Å²) < 4.78 is 28.3. The molecule has 0 saturated carbocycles. The predicted octanol–water partition coefficient (Wildman–Crippen LogP) is 4.64. The minimum absolute atomic E-state index is 0.224. The molecule has 0 radical (unpaired) electrons. The zero-order valence-corrected chi connectivity index (χ0v) is 12.3. The first kappa shape index (κ1) is 14.4. The molecule has 0 bridgehead atoms. The second-order valence-corrected chi connectivity index (χ2v) is 5.62. The molecule has 1 atom stereocenters. The fraction of sp³-hybridized carbons (Fsp3) is 0.143. The number of aliphatic hydroxyl groups is 1. The van der Waals surface area contributed by atoms with E-state index in [4.69, 9.17) is 11.6 Å². The molecule has 0 spiro atoms. The van der Waals surface area contributed by atoms with Crippen molar-refractivity contribution in [3.05, 3.63) is 68.7 Å². The summed E-state index contributed by atoms with van der Waals surface area (Å²) in [5, 5.41) is 10.7. The number of hydrogen-bond acceptors (Lipinski definition) is 1. The zero-order chi connectivity index (χ0) is 14.2. The molecule has 0 heterocycles. The first-order valence-corrected chi connectivity index (χ1v) is 6.63. The summed E-state index contributed by atoms with van der Waals surface area (Å²) in [5.74, 6) is -1.63. The summed E-state index contributed by atoms with van der Waals surface area (Å²) >= 11 is 9.27. The second-order valence-electron chi connectivity index (χ2n) is 4.29. The molecule has 2 aromatic carbocycles. The lowest BCUT2D eigenvalue weighted by molar-refractivity contribution is 0.0935. The Balaban J connectivity index is 2.65. The zero-order valence-electron chi connectivity index (χ0n) is 9.92. The molecule has 100 valence electrons. The SMILES string of the molecule is CC(O)(c1ccc(Br)cc1Cl)c1c(F)cccc1F. The Labute approximate surface area is 123 Å². The fourth-order valence-corrected chi connectivity index (χ4v) is 2.84. The molecule has 0 amide bonds. The van der Waals surface area contributed by atoms with Crippen LogP contribution in [0.3, 0.4) is 0 Å². The Morgan fingerprint density at radius 1 is 1.16 bits per heavy atom. The van der Waals surface area contributed by atoms with E-state index in [9.17, 15) is 13.9 Å². The minimum Gasteiger partial charge on any atom is -0.380 e. The Morgan fingerprint density at radius 2 is 1.74 bits per heavy atom. The van der Waals surface area contributed by atoms with Crippen LogP contribution in [0.2, 0.25) is 5.02 Å². The summed E-state index contributed by atoms with van der Waals surface area (Å²) in [6, 6.07) is 8.17. The summed E-state index contributed by atoms with van der Waals surface area (Å²) in [5.41, 5.74) is -2.03. The summed E-state index contributed by atoms with van der Waals surface area (Å²) in [6.45, 7) is 1.31. The number of hydrogen-bond donors (Lipinski definition) is 1. The topological polar surface area (TPSA) is 20.2 Å². The van der Waals surface area contributed by atoms with Crippen LogP contribution in [0.15, 0.2) is 40.9 Å². The molecule has 0 saturated heterocycles. The van der Waals surface area contributed by atoms with Crippen molar-refractivity contribution < 1.29 is 13.9 Å². The van der Waals surface area contributed by atoms with Gasteiger partial charge >= 0.3 is 0 Å². The molecule has 0 fully saturated rings. The van der Waals surface area contributed by atoms with Gasteiger partial charge in [0.25, 0.3) is 0 Å². The van der Waals surface area contributed by atoms with Crippen molar-refractivity contribution in [1.82, 2.24) is 0 Å². The van der Waals surface area contributed by atoms with E-state index < -0.39 is 22.8 Å². The lowest BCUT2D eigenvalue weighted by Gasteiger charge is -2.26. The second kappa shape index (κ2) is 5.19. The quantitative estimate of drug-likeness (QED) is 0.839. The Kier molecular flexibility index (Phi) is 3.95. The molecule has 5 heteroatoms. The lowest BCUT2D eigenvalue weighted by Crippen LogP contribution is -2.26. The average molecular weight is 348 g/mol. The van der Waals surface area contributed by atoms with E-state index in [2.05, 4.69) is 15.9 Å². The van der Waals surface area contributed by atoms with E-state index in [0.717, 1.165) is 12.1 Å². The van der Waals surface area contributed by atoms with Crippen molar-refractivity contribution in [2.75, 3.05) is 0 Å². The molecule has 0 aliphatic rings. The minimum atomic E-state index is -1.85. The summed E-state index contributed by atoms with van der Waals surface area (Å²) in [7, 11) is 0. The van der Waals surface area contributed by atoms with Crippen molar-refractivity contribution >= 4 is 27.5 Å². The van der Waals surface area contributed by atoms with Crippen LogP contribution in [0.5, 0.6) is 0 Å². The van der Waals surface area contributed by atoms with Gasteiger partial charge in [-0.1, -0.05) is 39.7 Å². The van der Waals surface area contributed by atoms with Gasteiger partial charge in [-0.05, 0) is 31.2 Å². The molecule has 2 aromatic rings. The van der Waals surface area contributed by atoms with Crippen molar-refractivity contribution in [2.24, 2.45) is 0 Å². The Bertz CT molecular complexity index is 609. The van der Waals surface area contributed by atoms with Crippen molar-refractivity contribution in [3.8, 4) is 0 Å². The third-order valence-electron chi connectivity index (χ3n) is 2.91. The summed E-state index contributed by atoms with van der Waals surface area (Å²) in [4.78, 5) is 0. The molecule has 0 aliphatic heterocycles. The van der Waals surface area contributed by atoms with E-state index in [0.29, 0.717) is 4.47 Å². The smallest absolute Gasteiger partial charge is 0.132 e. The lowest BCUT2D eigenvalue weighted by atomic mass is 9.87. The monoisotopic (exact) mass is 346 g/mol. The predicted molar refractivity (Wildman–Crippen MR) is 74.2 cm³/mol. The average Bonchev–Trinajstić information content (AvgIpc) is 2.27. The van der Waals surface area contributed by atoms with Crippen molar-refractivity contribution in [3.63, 3.8) is 0 Å². The van der Waals surface area contributed by atoms with Crippen LogP contribution < -0.4 is 0 Å². The van der Waals surface area contributed by atoms with Crippen molar-refractivity contribution in [2.45, 2.75) is 12.5 Å².